The van der Waals surface area contributed by atoms with E-state index in [-0.39, 0.29) is 5.97 Å². The van der Waals surface area contributed by atoms with Crippen molar-refractivity contribution in [3.8, 4) is 0 Å². The van der Waals surface area contributed by atoms with Crippen LogP contribution in [0.4, 0.5) is 0 Å². The van der Waals surface area contributed by atoms with Crippen molar-refractivity contribution in [3.05, 3.63) is 33.8 Å². The van der Waals surface area contributed by atoms with Gasteiger partial charge in [0, 0.05) is 4.47 Å². The van der Waals surface area contributed by atoms with Crippen molar-refractivity contribution in [3.63, 3.8) is 0 Å². The first kappa shape index (κ1) is 12.2. The monoisotopic (exact) mass is 270 g/mol. The Morgan fingerprint density at radius 3 is 2.33 bits per heavy atom. The van der Waals surface area contributed by atoms with Crippen LogP contribution in [-0.2, 0) is 4.74 Å². The Kier molecular flexibility index (Phi) is 3.55. The molecule has 0 saturated carbocycles. The van der Waals surface area contributed by atoms with Gasteiger partial charge in [-0.15, -0.1) is 0 Å². The summed E-state index contributed by atoms with van der Waals surface area (Å²) in [5.74, 6) is -0.285. The molecule has 0 N–H and O–H groups in total. The highest BCUT2D eigenvalue weighted by Gasteiger charge is 2.18. The molecule has 0 aliphatic carbocycles. The normalized spacial score (nSPS) is 11.3. The zero-order valence-corrected chi connectivity index (χ0v) is 11.0. The molecule has 0 aliphatic heterocycles. The lowest BCUT2D eigenvalue weighted by Crippen LogP contribution is -2.23. The predicted octanol–water partition coefficient (Wildman–Crippen LogP) is 3.71. The molecule has 82 valence electrons. The second-order valence-electron chi connectivity index (χ2n) is 4.52. The van der Waals surface area contributed by atoms with E-state index < -0.39 is 5.60 Å². The predicted molar refractivity (Wildman–Crippen MR) is 64.0 cm³/mol. The van der Waals surface area contributed by atoms with E-state index >= 15 is 0 Å². The molecule has 0 aliphatic rings. The molecular weight excluding hydrogens is 256 g/mol. The average Bonchev–Trinajstić information content (AvgIpc) is 1.98. The highest BCUT2D eigenvalue weighted by atomic mass is 79.9. The number of hydrogen-bond donors (Lipinski definition) is 0. The van der Waals surface area contributed by atoms with E-state index in [1.165, 1.54) is 0 Å². The van der Waals surface area contributed by atoms with Gasteiger partial charge in [0.15, 0.2) is 0 Å². The van der Waals surface area contributed by atoms with E-state index in [1.54, 1.807) is 6.07 Å². The third-order valence-electron chi connectivity index (χ3n) is 1.68. The number of hydrogen-bond acceptors (Lipinski definition) is 2. The lowest BCUT2D eigenvalue weighted by atomic mass is 10.1. The number of benzene rings is 1. The van der Waals surface area contributed by atoms with Crippen LogP contribution in [0.5, 0.6) is 0 Å². The van der Waals surface area contributed by atoms with Gasteiger partial charge in [0.1, 0.15) is 5.60 Å². The first-order valence-corrected chi connectivity index (χ1v) is 5.58. The molecule has 0 spiro atoms. The summed E-state index contributed by atoms with van der Waals surface area (Å²) in [7, 11) is 0. The van der Waals surface area contributed by atoms with Crippen molar-refractivity contribution in [1.29, 1.82) is 0 Å². The van der Waals surface area contributed by atoms with E-state index in [4.69, 9.17) is 4.74 Å². The van der Waals surface area contributed by atoms with Gasteiger partial charge in [0.05, 0.1) is 5.56 Å². The van der Waals surface area contributed by atoms with Crippen LogP contribution in [0.2, 0.25) is 0 Å². The van der Waals surface area contributed by atoms with Gasteiger partial charge in [0.25, 0.3) is 0 Å². The Morgan fingerprint density at radius 1 is 1.27 bits per heavy atom. The number of rotatable bonds is 1. The first-order valence-electron chi connectivity index (χ1n) is 4.78. The Balaban J connectivity index is 2.92. The molecule has 3 heteroatoms. The van der Waals surface area contributed by atoms with Crippen molar-refractivity contribution in [2.24, 2.45) is 0 Å². The smallest absolute Gasteiger partial charge is 0.338 e. The molecule has 0 heterocycles. The number of esters is 1. The Hall–Kier alpha value is -0.830. The molecular formula is C12H15BrO2. The van der Waals surface area contributed by atoms with Gasteiger partial charge in [-0.25, -0.2) is 4.79 Å². The van der Waals surface area contributed by atoms with Gasteiger partial charge in [-0.1, -0.05) is 15.9 Å². The minimum Gasteiger partial charge on any atom is -0.456 e. The lowest BCUT2D eigenvalue weighted by Gasteiger charge is -2.19. The maximum absolute atomic E-state index is 11.7. The fourth-order valence-electron chi connectivity index (χ4n) is 1.19. The lowest BCUT2D eigenvalue weighted by molar-refractivity contribution is 0.00693. The Morgan fingerprint density at radius 2 is 1.87 bits per heavy atom. The second-order valence-corrected chi connectivity index (χ2v) is 5.43. The minimum absolute atomic E-state index is 0.285. The molecule has 0 saturated heterocycles. The zero-order chi connectivity index (χ0) is 11.6. The van der Waals surface area contributed by atoms with Crippen LogP contribution >= 0.6 is 15.9 Å². The summed E-state index contributed by atoms with van der Waals surface area (Å²) in [6.45, 7) is 7.51. The summed E-state index contributed by atoms with van der Waals surface area (Å²) >= 11 is 3.35. The molecule has 0 unspecified atom stereocenters. The molecule has 1 rings (SSSR count). The zero-order valence-electron chi connectivity index (χ0n) is 9.43. The average molecular weight is 271 g/mol. The second kappa shape index (κ2) is 4.35. The first-order chi connectivity index (χ1) is 6.78. The molecule has 1 aromatic rings. The minimum atomic E-state index is -0.451. The fraction of sp³-hybridized carbons (Fsp3) is 0.417. The molecule has 0 bridgehead atoms. The summed E-state index contributed by atoms with van der Waals surface area (Å²) in [6.07, 6.45) is 0. The van der Waals surface area contributed by atoms with Gasteiger partial charge in [-0.3, -0.25) is 0 Å². The summed E-state index contributed by atoms with van der Waals surface area (Å²) in [5, 5.41) is 0. The van der Waals surface area contributed by atoms with E-state index in [0.29, 0.717) is 5.56 Å². The number of carbonyl (C=O) groups excluding carboxylic acids is 1. The standard InChI is InChI=1S/C12H15BrO2/c1-8-5-9(7-10(13)6-8)11(14)15-12(2,3)4/h5-7H,1-4H3. The topological polar surface area (TPSA) is 26.3 Å². The summed E-state index contributed by atoms with van der Waals surface area (Å²) in [4.78, 5) is 11.7. The molecule has 15 heavy (non-hydrogen) atoms. The number of ether oxygens (including phenoxy) is 1. The molecule has 1 aromatic carbocycles. The van der Waals surface area contributed by atoms with E-state index in [1.807, 2.05) is 39.8 Å². The summed E-state index contributed by atoms with van der Waals surface area (Å²) in [6, 6.07) is 5.54. The van der Waals surface area contributed by atoms with E-state index in [0.717, 1.165) is 10.0 Å². The van der Waals surface area contributed by atoms with Crippen molar-refractivity contribution >= 4 is 21.9 Å². The number of carbonyl (C=O) groups is 1. The third-order valence-corrected chi connectivity index (χ3v) is 2.13. The van der Waals surface area contributed by atoms with Gasteiger partial charge >= 0.3 is 5.97 Å². The van der Waals surface area contributed by atoms with Crippen LogP contribution in [0.15, 0.2) is 22.7 Å². The van der Waals surface area contributed by atoms with Gasteiger partial charge < -0.3 is 4.74 Å². The molecule has 0 atom stereocenters. The van der Waals surface area contributed by atoms with Crippen LogP contribution in [-0.4, -0.2) is 11.6 Å². The van der Waals surface area contributed by atoms with Crippen LogP contribution in [0.1, 0.15) is 36.7 Å². The van der Waals surface area contributed by atoms with Crippen molar-refractivity contribution in [2.45, 2.75) is 33.3 Å². The maximum atomic E-state index is 11.7. The quantitative estimate of drug-likeness (QED) is 0.728. The van der Waals surface area contributed by atoms with Crippen molar-refractivity contribution in [2.75, 3.05) is 0 Å². The Labute approximate surface area is 98.8 Å². The van der Waals surface area contributed by atoms with Gasteiger partial charge in [-0.2, -0.15) is 0 Å². The van der Waals surface area contributed by atoms with Crippen LogP contribution in [0.3, 0.4) is 0 Å². The van der Waals surface area contributed by atoms with Crippen LogP contribution in [0, 0.1) is 6.92 Å². The van der Waals surface area contributed by atoms with Crippen molar-refractivity contribution in [1.82, 2.24) is 0 Å². The van der Waals surface area contributed by atoms with E-state index in [9.17, 15) is 4.79 Å². The molecule has 0 aromatic heterocycles. The molecule has 2 nitrogen and oxygen atoms in total. The highest BCUT2D eigenvalue weighted by Crippen LogP contribution is 2.18. The Bertz CT molecular complexity index is 357. The fourth-order valence-corrected chi connectivity index (χ4v) is 1.80. The van der Waals surface area contributed by atoms with Crippen LogP contribution in [0.25, 0.3) is 0 Å². The highest BCUT2D eigenvalue weighted by molar-refractivity contribution is 9.10. The van der Waals surface area contributed by atoms with Crippen LogP contribution < -0.4 is 0 Å². The number of aryl methyl sites for hydroxylation is 1. The van der Waals surface area contributed by atoms with Gasteiger partial charge in [0.2, 0.25) is 0 Å². The van der Waals surface area contributed by atoms with Gasteiger partial charge in [-0.05, 0) is 51.5 Å². The summed E-state index contributed by atoms with van der Waals surface area (Å²) < 4.78 is 6.17. The maximum Gasteiger partial charge on any atom is 0.338 e. The molecule has 0 fully saturated rings. The number of halogens is 1. The molecule has 0 radical (unpaired) electrons. The largest absolute Gasteiger partial charge is 0.456 e. The summed E-state index contributed by atoms with van der Waals surface area (Å²) in [5.41, 5.74) is 1.16. The SMILES string of the molecule is Cc1cc(Br)cc(C(=O)OC(C)(C)C)c1. The van der Waals surface area contributed by atoms with E-state index in [2.05, 4.69) is 15.9 Å². The molecule has 0 amide bonds. The van der Waals surface area contributed by atoms with Crippen molar-refractivity contribution < 1.29 is 9.53 Å². The third kappa shape index (κ3) is 4.04.